The first-order valence-electron chi connectivity index (χ1n) is 6.54. The lowest BCUT2D eigenvalue weighted by Crippen LogP contribution is -2.45. The molecule has 1 aromatic rings. The SMILES string of the molecule is COc1cccc(C(C)C(=O)N[C@H](C(=O)O)C(C)C)c1. The zero-order valence-electron chi connectivity index (χ0n) is 12.2. The van der Waals surface area contributed by atoms with Crippen LogP contribution in [0.5, 0.6) is 5.75 Å². The summed E-state index contributed by atoms with van der Waals surface area (Å²) in [6.45, 7) is 5.26. The van der Waals surface area contributed by atoms with Gasteiger partial charge >= 0.3 is 5.97 Å². The van der Waals surface area contributed by atoms with Crippen molar-refractivity contribution in [3.05, 3.63) is 29.8 Å². The molecular formula is C15H21NO4. The maximum absolute atomic E-state index is 12.1. The van der Waals surface area contributed by atoms with Gasteiger partial charge in [-0.2, -0.15) is 0 Å². The van der Waals surface area contributed by atoms with E-state index in [9.17, 15) is 9.59 Å². The average Bonchev–Trinajstić information content (AvgIpc) is 2.42. The second-order valence-corrected chi connectivity index (χ2v) is 5.07. The number of nitrogens with one attached hydrogen (secondary N) is 1. The second kappa shape index (κ2) is 6.93. The molecule has 0 heterocycles. The summed E-state index contributed by atoms with van der Waals surface area (Å²) in [5.41, 5.74) is 0.787. The normalized spacial score (nSPS) is 13.7. The first-order chi connectivity index (χ1) is 9.36. The quantitative estimate of drug-likeness (QED) is 0.835. The van der Waals surface area contributed by atoms with Crippen molar-refractivity contribution in [3.8, 4) is 5.75 Å². The Balaban J connectivity index is 2.82. The van der Waals surface area contributed by atoms with E-state index in [0.29, 0.717) is 5.75 Å². The number of carboxylic acid groups (broad SMARTS) is 1. The van der Waals surface area contributed by atoms with E-state index in [-0.39, 0.29) is 11.8 Å². The van der Waals surface area contributed by atoms with E-state index in [1.807, 2.05) is 6.07 Å². The standard InChI is InChI=1S/C15H21NO4/c1-9(2)13(15(18)19)16-14(17)10(3)11-6-5-7-12(8-11)20-4/h5-10,13H,1-4H3,(H,16,17)(H,18,19)/t10?,13-/m0/s1. The summed E-state index contributed by atoms with van der Waals surface area (Å²) in [5.74, 6) is -1.27. The third kappa shape index (κ3) is 3.98. The molecule has 110 valence electrons. The lowest BCUT2D eigenvalue weighted by atomic mass is 9.98. The van der Waals surface area contributed by atoms with Gasteiger partial charge in [-0.15, -0.1) is 0 Å². The van der Waals surface area contributed by atoms with E-state index < -0.39 is 17.9 Å². The number of benzene rings is 1. The van der Waals surface area contributed by atoms with E-state index in [1.165, 1.54) is 0 Å². The molecule has 0 saturated heterocycles. The molecule has 2 atom stereocenters. The van der Waals surface area contributed by atoms with Crippen molar-refractivity contribution in [2.24, 2.45) is 5.92 Å². The first-order valence-corrected chi connectivity index (χ1v) is 6.54. The minimum absolute atomic E-state index is 0.172. The number of rotatable bonds is 6. The summed E-state index contributed by atoms with van der Waals surface area (Å²) in [4.78, 5) is 23.2. The van der Waals surface area contributed by atoms with Crippen LogP contribution in [0.3, 0.4) is 0 Å². The van der Waals surface area contributed by atoms with Crippen molar-refractivity contribution < 1.29 is 19.4 Å². The van der Waals surface area contributed by atoms with Crippen molar-refractivity contribution in [2.75, 3.05) is 7.11 Å². The second-order valence-electron chi connectivity index (χ2n) is 5.07. The molecule has 0 aliphatic heterocycles. The molecule has 0 bridgehead atoms. The van der Waals surface area contributed by atoms with Crippen LogP contribution in [-0.2, 0) is 9.59 Å². The molecule has 5 nitrogen and oxygen atoms in total. The van der Waals surface area contributed by atoms with Crippen LogP contribution in [0.1, 0.15) is 32.3 Å². The van der Waals surface area contributed by atoms with Crippen molar-refractivity contribution in [1.29, 1.82) is 0 Å². The van der Waals surface area contributed by atoms with Gasteiger partial charge in [0.2, 0.25) is 5.91 Å². The van der Waals surface area contributed by atoms with E-state index in [2.05, 4.69) is 5.32 Å². The number of aliphatic carboxylic acids is 1. The van der Waals surface area contributed by atoms with Gasteiger partial charge in [0, 0.05) is 0 Å². The third-order valence-corrected chi connectivity index (χ3v) is 3.22. The lowest BCUT2D eigenvalue weighted by molar-refractivity contribution is -0.143. The highest BCUT2D eigenvalue weighted by Gasteiger charge is 2.26. The van der Waals surface area contributed by atoms with Crippen molar-refractivity contribution in [1.82, 2.24) is 5.32 Å². The van der Waals surface area contributed by atoms with Gasteiger partial charge in [-0.25, -0.2) is 4.79 Å². The van der Waals surface area contributed by atoms with Crippen LogP contribution in [0, 0.1) is 5.92 Å². The molecule has 0 aliphatic carbocycles. The summed E-state index contributed by atoms with van der Waals surface area (Å²) < 4.78 is 5.12. The number of carbonyl (C=O) groups excluding carboxylic acids is 1. The summed E-state index contributed by atoms with van der Waals surface area (Å²) in [6, 6.07) is 6.31. The van der Waals surface area contributed by atoms with Crippen molar-refractivity contribution >= 4 is 11.9 Å². The summed E-state index contributed by atoms with van der Waals surface area (Å²) in [6.07, 6.45) is 0. The average molecular weight is 279 g/mol. The van der Waals surface area contributed by atoms with Crippen LogP contribution in [0.25, 0.3) is 0 Å². The number of hydrogen-bond acceptors (Lipinski definition) is 3. The van der Waals surface area contributed by atoms with Gasteiger partial charge in [-0.05, 0) is 30.5 Å². The van der Waals surface area contributed by atoms with Gasteiger partial charge in [0.25, 0.3) is 0 Å². The zero-order chi connectivity index (χ0) is 15.3. The van der Waals surface area contributed by atoms with Gasteiger partial charge in [0.1, 0.15) is 11.8 Å². The molecule has 1 unspecified atom stereocenters. The molecular weight excluding hydrogens is 258 g/mol. The van der Waals surface area contributed by atoms with Crippen molar-refractivity contribution in [3.63, 3.8) is 0 Å². The van der Waals surface area contributed by atoms with Crippen LogP contribution in [-0.4, -0.2) is 30.1 Å². The Labute approximate surface area is 118 Å². The van der Waals surface area contributed by atoms with Crippen LogP contribution in [0.15, 0.2) is 24.3 Å². The number of carboxylic acids is 1. The van der Waals surface area contributed by atoms with Crippen molar-refractivity contribution in [2.45, 2.75) is 32.7 Å². The summed E-state index contributed by atoms with van der Waals surface area (Å²) in [7, 11) is 1.56. The predicted octanol–water partition coefficient (Wildman–Crippen LogP) is 2.02. The molecule has 0 aromatic heterocycles. The highest BCUT2D eigenvalue weighted by molar-refractivity contribution is 5.88. The fraction of sp³-hybridized carbons (Fsp3) is 0.467. The zero-order valence-corrected chi connectivity index (χ0v) is 12.2. The molecule has 20 heavy (non-hydrogen) atoms. The molecule has 0 aliphatic rings. The fourth-order valence-electron chi connectivity index (χ4n) is 1.85. The van der Waals surface area contributed by atoms with Gasteiger partial charge in [0.05, 0.1) is 13.0 Å². The molecule has 1 aromatic carbocycles. The Morgan fingerprint density at radius 3 is 2.40 bits per heavy atom. The molecule has 0 spiro atoms. The number of ether oxygens (including phenoxy) is 1. The van der Waals surface area contributed by atoms with Gasteiger partial charge in [-0.3, -0.25) is 4.79 Å². The summed E-state index contributed by atoms with van der Waals surface area (Å²) >= 11 is 0. The minimum Gasteiger partial charge on any atom is -0.497 e. The molecule has 1 rings (SSSR count). The molecule has 0 fully saturated rings. The molecule has 0 saturated carbocycles. The Kier molecular flexibility index (Phi) is 5.55. The van der Waals surface area contributed by atoms with E-state index in [1.54, 1.807) is 46.1 Å². The first kappa shape index (κ1) is 16.0. The maximum atomic E-state index is 12.1. The number of amides is 1. The highest BCUT2D eigenvalue weighted by Crippen LogP contribution is 2.21. The molecule has 0 radical (unpaired) electrons. The van der Waals surface area contributed by atoms with Crippen LogP contribution in [0.4, 0.5) is 0 Å². The van der Waals surface area contributed by atoms with Crippen LogP contribution in [0.2, 0.25) is 0 Å². The molecule has 5 heteroatoms. The maximum Gasteiger partial charge on any atom is 0.326 e. The predicted molar refractivity (Wildman–Crippen MR) is 75.8 cm³/mol. The molecule has 2 N–H and O–H groups in total. The van der Waals surface area contributed by atoms with E-state index >= 15 is 0 Å². The number of methoxy groups -OCH3 is 1. The van der Waals surface area contributed by atoms with Gasteiger partial charge < -0.3 is 15.2 Å². The lowest BCUT2D eigenvalue weighted by Gasteiger charge is -2.21. The van der Waals surface area contributed by atoms with Gasteiger partial charge in [-0.1, -0.05) is 26.0 Å². The van der Waals surface area contributed by atoms with Gasteiger partial charge in [0.15, 0.2) is 0 Å². The Morgan fingerprint density at radius 1 is 1.25 bits per heavy atom. The Bertz CT molecular complexity index is 485. The third-order valence-electron chi connectivity index (χ3n) is 3.22. The fourth-order valence-corrected chi connectivity index (χ4v) is 1.85. The number of carbonyl (C=O) groups is 2. The van der Waals surface area contributed by atoms with Crippen LogP contribution < -0.4 is 10.1 Å². The van der Waals surface area contributed by atoms with E-state index in [0.717, 1.165) is 5.56 Å². The smallest absolute Gasteiger partial charge is 0.326 e. The number of hydrogen-bond donors (Lipinski definition) is 2. The van der Waals surface area contributed by atoms with E-state index in [4.69, 9.17) is 9.84 Å². The van der Waals surface area contributed by atoms with Crippen LogP contribution >= 0.6 is 0 Å². The largest absolute Gasteiger partial charge is 0.497 e. The Morgan fingerprint density at radius 2 is 1.90 bits per heavy atom. The summed E-state index contributed by atoms with van der Waals surface area (Å²) in [5, 5.41) is 11.7. The Hall–Kier alpha value is -2.04. The monoisotopic (exact) mass is 279 g/mol. The topological polar surface area (TPSA) is 75.6 Å². The minimum atomic E-state index is -1.02. The highest BCUT2D eigenvalue weighted by atomic mass is 16.5. The molecule has 1 amide bonds.